The fraction of sp³-hybridized carbons (Fsp3) is 0.364. The lowest BCUT2D eigenvalue weighted by Gasteiger charge is -2.25. The molecule has 2 N–H and O–H groups in total. The molecule has 2 atom stereocenters. The van der Waals surface area contributed by atoms with Crippen LogP contribution in [-0.2, 0) is 9.53 Å². The van der Waals surface area contributed by atoms with Crippen LogP contribution in [0.2, 0.25) is 0 Å². The number of hydrogen-bond acceptors (Lipinski definition) is 4. The van der Waals surface area contributed by atoms with Crippen molar-refractivity contribution in [3.05, 3.63) is 59.2 Å². The van der Waals surface area contributed by atoms with Crippen LogP contribution in [-0.4, -0.2) is 23.9 Å². The summed E-state index contributed by atoms with van der Waals surface area (Å²) in [6.07, 6.45) is -6.35. The topological polar surface area (TPSA) is 82.3 Å². The minimum atomic E-state index is -4.62. The number of carbonyl (C=O) groups is 1. The van der Waals surface area contributed by atoms with Crippen molar-refractivity contribution in [2.75, 3.05) is 11.9 Å². The van der Waals surface area contributed by atoms with E-state index in [0.29, 0.717) is 23.2 Å². The first kappa shape index (κ1) is 23.2. The van der Waals surface area contributed by atoms with Gasteiger partial charge in [-0.05, 0) is 55.2 Å². The van der Waals surface area contributed by atoms with Crippen LogP contribution >= 0.6 is 0 Å². The van der Waals surface area contributed by atoms with E-state index in [4.69, 9.17) is 15.1 Å². The van der Waals surface area contributed by atoms with Crippen molar-refractivity contribution in [3.63, 3.8) is 0 Å². The van der Waals surface area contributed by atoms with Crippen molar-refractivity contribution in [1.82, 2.24) is 0 Å². The summed E-state index contributed by atoms with van der Waals surface area (Å²) in [5, 5.41) is 21.0. The lowest BCUT2D eigenvalue weighted by molar-refractivity contribution is -0.222. The van der Waals surface area contributed by atoms with Crippen LogP contribution in [0, 0.1) is 11.3 Å². The smallest absolute Gasteiger partial charge is 0.418 e. The van der Waals surface area contributed by atoms with Gasteiger partial charge in [0.15, 0.2) is 6.10 Å². The summed E-state index contributed by atoms with van der Waals surface area (Å²) in [5.74, 6) is -1.32. The summed E-state index contributed by atoms with van der Waals surface area (Å²) in [6.45, 7) is 3.19. The predicted octanol–water partition coefficient (Wildman–Crippen LogP) is 5.91. The third kappa shape index (κ3) is 5.97. The number of ether oxygens (including phenoxy) is 1. The molecule has 2 aromatic carbocycles. The highest BCUT2D eigenvalue weighted by Gasteiger charge is 2.43. The van der Waals surface area contributed by atoms with Gasteiger partial charge in [-0.2, -0.15) is 18.4 Å². The molecule has 0 radical (unpaired) electrons. The maximum atomic E-state index is 13.6. The Kier molecular flexibility index (Phi) is 7.84. The van der Waals surface area contributed by atoms with Crippen molar-refractivity contribution >= 4 is 17.3 Å². The Morgan fingerprint density at radius 2 is 1.87 bits per heavy atom. The number of hydrogen-bond donors (Lipinski definition) is 2. The summed E-state index contributed by atoms with van der Waals surface area (Å²) in [5.41, 5.74) is 1.62. The summed E-state index contributed by atoms with van der Waals surface area (Å²) >= 11 is 0. The highest BCUT2D eigenvalue weighted by atomic mass is 19.4. The SMILES string of the molecule is CCO[C@H](c1ccc([C@H](CC)CC(=O)O)cc1Nc1ccc(C#N)cc1)C(F)(F)F. The van der Waals surface area contributed by atoms with Gasteiger partial charge in [-0.1, -0.05) is 19.1 Å². The van der Waals surface area contributed by atoms with Gasteiger partial charge in [0, 0.05) is 23.5 Å². The number of rotatable bonds is 9. The number of nitriles is 1. The third-order valence-electron chi connectivity index (χ3n) is 4.67. The predicted molar refractivity (Wildman–Crippen MR) is 107 cm³/mol. The van der Waals surface area contributed by atoms with Gasteiger partial charge < -0.3 is 15.2 Å². The Labute approximate surface area is 173 Å². The fourth-order valence-electron chi connectivity index (χ4n) is 3.18. The molecule has 0 spiro atoms. The normalized spacial score (nSPS) is 13.3. The number of halogens is 3. The van der Waals surface area contributed by atoms with Gasteiger partial charge in [0.2, 0.25) is 0 Å². The van der Waals surface area contributed by atoms with Gasteiger partial charge in [-0.25, -0.2) is 0 Å². The molecule has 0 aromatic heterocycles. The number of nitrogens with zero attached hydrogens (tertiary/aromatic N) is 1. The summed E-state index contributed by atoms with van der Waals surface area (Å²) in [7, 11) is 0. The Balaban J connectivity index is 2.54. The third-order valence-corrected chi connectivity index (χ3v) is 4.67. The van der Waals surface area contributed by atoms with Crippen LogP contribution in [0.1, 0.15) is 55.4 Å². The standard InChI is InChI=1S/C22H23F3N2O3/c1-3-15(12-20(28)29)16-7-10-18(21(30-4-2)22(23,24)25)19(11-16)27-17-8-5-14(13-26)6-9-17/h5-11,15,21,27H,3-4,12H2,1-2H3,(H,28,29)/t15-,21-/m1/s1. The maximum Gasteiger partial charge on any atom is 0.418 e. The van der Waals surface area contributed by atoms with Crippen molar-refractivity contribution in [1.29, 1.82) is 5.26 Å². The van der Waals surface area contributed by atoms with Crippen molar-refractivity contribution in [3.8, 4) is 6.07 Å². The molecule has 0 aliphatic carbocycles. The number of aliphatic carboxylic acids is 1. The van der Waals surface area contributed by atoms with Crippen LogP contribution in [0.3, 0.4) is 0 Å². The van der Waals surface area contributed by atoms with E-state index in [0.717, 1.165) is 0 Å². The van der Waals surface area contributed by atoms with Crippen LogP contribution < -0.4 is 5.32 Å². The van der Waals surface area contributed by atoms with Crippen LogP contribution in [0.25, 0.3) is 0 Å². The molecule has 0 fully saturated rings. The van der Waals surface area contributed by atoms with E-state index >= 15 is 0 Å². The second-order valence-electron chi connectivity index (χ2n) is 6.74. The van der Waals surface area contributed by atoms with E-state index in [2.05, 4.69) is 5.32 Å². The molecule has 30 heavy (non-hydrogen) atoms. The van der Waals surface area contributed by atoms with Gasteiger partial charge in [0.1, 0.15) is 0 Å². The van der Waals surface area contributed by atoms with E-state index < -0.39 is 18.2 Å². The molecule has 8 heteroatoms. The number of nitrogens with one attached hydrogen (secondary N) is 1. The molecular weight excluding hydrogens is 397 g/mol. The molecule has 0 amide bonds. The lowest BCUT2D eigenvalue weighted by atomic mass is 9.91. The first-order valence-corrected chi connectivity index (χ1v) is 9.50. The minimum Gasteiger partial charge on any atom is -0.481 e. The molecular formula is C22H23F3N2O3. The van der Waals surface area contributed by atoms with E-state index in [-0.39, 0.29) is 30.2 Å². The first-order chi connectivity index (χ1) is 14.2. The second-order valence-corrected chi connectivity index (χ2v) is 6.74. The molecule has 2 rings (SSSR count). The van der Waals surface area contributed by atoms with Crippen LogP contribution in [0.5, 0.6) is 0 Å². The average Bonchev–Trinajstić information content (AvgIpc) is 2.70. The second kappa shape index (κ2) is 10.1. The molecule has 0 bridgehead atoms. The van der Waals surface area contributed by atoms with Crippen LogP contribution in [0.4, 0.5) is 24.5 Å². The summed E-state index contributed by atoms with van der Waals surface area (Å²) in [4.78, 5) is 11.2. The average molecular weight is 420 g/mol. The molecule has 5 nitrogen and oxygen atoms in total. The van der Waals surface area contributed by atoms with Gasteiger partial charge in [0.05, 0.1) is 18.1 Å². The number of carboxylic acid groups (broad SMARTS) is 1. The number of benzene rings is 2. The van der Waals surface area contributed by atoms with Gasteiger partial charge in [0.25, 0.3) is 0 Å². The molecule has 0 saturated carbocycles. The van der Waals surface area contributed by atoms with Gasteiger partial charge in [-0.15, -0.1) is 0 Å². The quantitative estimate of drug-likeness (QED) is 0.527. The number of alkyl halides is 3. The highest BCUT2D eigenvalue weighted by molar-refractivity contribution is 5.69. The Morgan fingerprint density at radius 1 is 1.20 bits per heavy atom. The molecule has 0 aliphatic heterocycles. The molecule has 0 aliphatic rings. The highest BCUT2D eigenvalue weighted by Crippen LogP contribution is 2.41. The van der Waals surface area contributed by atoms with E-state index in [9.17, 15) is 18.0 Å². The molecule has 2 aromatic rings. The monoisotopic (exact) mass is 420 g/mol. The molecule has 0 heterocycles. The summed E-state index contributed by atoms with van der Waals surface area (Å²) in [6, 6.07) is 12.7. The van der Waals surface area contributed by atoms with Crippen molar-refractivity contribution in [2.45, 2.75) is 44.9 Å². The van der Waals surface area contributed by atoms with Gasteiger partial charge in [-0.3, -0.25) is 4.79 Å². The Bertz CT molecular complexity index is 905. The number of carboxylic acids is 1. The molecule has 160 valence electrons. The van der Waals surface area contributed by atoms with Crippen molar-refractivity contribution < 1.29 is 27.8 Å². The zero-order valence-electron chi connectivity index (χ0n) is 16.7. The number of anilines is 2. The van der Waals surface area contributed by atoms with E-state index in [1.54, 1.807) is 30.3 Å². The van der Waals surface area contributed by atoms with Crippen molar-refractivity contribution in [2.24, 2.45) is 0 Å². The largest absolute Gasteiger partial charge is 0.481 e. The summed E-state index contributed by atoms with van der Waals surface area (Å²) < 4.78 is 45.9. The first-order valence-electron chi connectivity index (χ1n) is 9.50. The molecule has 0 unspecified atom stereocenters. The zero-order chi connectivity index (χ0) is 22.3. The zero-order valence-corrected chi connectivity index (χ0v) is 16.7. The Morgan fingerprint density at radius 3 is 2.37 bits per heavy atom. The maximum absolute atomic E-state index is 13.6. The Hall–Kier alpha value is -3.05. The lowest BCUT2D eigenvalue weighted by Crippen LogP contribution is -2.24. The minimum absolute atomic E-state index is 0.0948. The van der Waals surface area contributed by atoms with Crippen LogP contribution in [0.15, 0.2) is 42.5 Å². The van der Waals surface area contributed by atoms with E-state index in [1.165, 1.54) is 19.1 Å². The molecule has 0 saturated heterocycles. The van der Waals surface area contributed by atoms with E-state index in [1.807, 2.05) is 13.0 Å². The fourth-order valence-corrected chi connectivity index (χ4v) is 3.18. The van der Waals surface area contributed by atoms with Gasteiger partial charge >= 0.3 is 12.1 Å².